The second kappa shape index (κ2) is 41.5. The van der Waals surface area contributed by atoms with Crippen LogP contribution in [0.1, 0.15) is 194 Å². The zero-order chi connectivity index (χ0) is 34.9. The van der Waals surface area contributed by atoms with Crippen LogP contribution in [-0.4, -0.2) is 51.1 Å². The van der Waals surface area contributed by atoms with Gasteiger partial charge in [-0.15, -0.1) is 0 Å². The van der Waals surface area contributed by atoms with Crippen molar-refractivity contribution < 1.29 is 9.59 Å². The van der Waals surface area contributed by atoms with E-state index >= 15 is 0 Å². The largest absolute Gasteiger partial charge is 0.355 e. The molecule has 0 fully saturated rings. The first-order valence-corrected chi connectivity index (χ1v) is 21.0. The third-order valence-electron chi connectivity index (χ3n) is 9.06. The maximum Gasteiger partial charge on any atom is 0.220 e. The zero-order valence-corrected chi connectivity index (χ0v) is 32.2. The van der Waals surface area contributed by atoms with E-state index < -0.39 is 0 Å². The summed E-state index contributed by atoms with van der Waals surface area (Å²) in [5.41, 5.74) is 0. The van der Waals surface area contributed by atoms with Gasteiger partial charge < -0.3 is 21.3 Å². The van der Waals surface area contributed by atoms with Crippen LogP contribution in [0.25, 0.3) is 0 Å². The fraction of sp³-hybridized carbons (Fsp3) is 0.857. The van der Waals surface area contributed by atoms with Gasteiger partial charge in [-0.3, -0.25) is 9.59 Å². The van der Waals surface area contributed by atoms with Crippen LogP contribution in [0.4, 0.5) is 0 Å². The van der Waals surface area contributed by atoms with E-state index in [1.807, 2.05) is 0 Å². The maximum atomic E-state index is 12.0. The van der Waals surface area contributed by atoms with Gasteiger partial charge in [0.25, 0.3) is 0 Å². The molecule has 0 saturated heterocycles. The summed E-state index contributed by atoms with van der Waals surface area (Å²) in [6.45, 7) is 9.17. The Balaban J connectivity index is 3.29. The molecular weight excluding hydrogens is 592 g/mol. The molecule has 0 spiro atoms. The molecule has 0 aliphatic carbocycles. The summed E-state index contributed by atoms with van der Waals surface area (Å²) in [7, 11) is 0. The van der Waals surface area contributed by atoms with Gasteiger partial charge in [0.15, 0.2) is 0 Å². The van der Waals surface area contributed by atoms with Crippen molar-refractivity contribution in [3.8, 4) is 0 Å². The van der Waals surface area contributed by atoms with Crippen LogP contribution in [0.5, 0.6) is 0 Å². The number of carbonyl (C=O) groups excluding carboxylic acids is 2. The smallest absolute Gasteiger partial charge is 0.220 e. The number of hydrogen-bond donors (Lipinski definition) is 4. The van der Waals surface area contributed by atoms with Gasteiger partial charge in [0.1, 0.15) is 0 Å². The summed E-state index contributed by atoms with van der Waals surface area (Å²) in [6, 6.07) is 0. The second-order valence-electron chi connectivity index (χ2n) is 13.9. The van der Waals surface area contributed by atoms with Crippen molar-refractivity contribution in [1.82, 2.24) is 21.3 Å². The molecule has 4 N–H and O–H groups in total. The Morgan fingerprint density at radius 2 is 0.625 bits per heavy atom. The molecule has 6 heteroatoms. The minimum absolute atomic E-state index is 0.169. The first-order valence-electron chi connectivity index (χ1n) is 21.0. The van der Waals surface area contributed by atoms with E-state index in [9.17, 15) is 9.59 Å². The van der Waals surface area contributed by atoms with Gasteiger partial charge in [-0.25, -0.2) is 0 Å². The van der Waals surface area contributed by atoms with Gasteiger partial charge in [0.05, 0.1) is 0 Å². The number of allylic oxidation sites excluding steroid dienone is 4. The highest BCUT2D eigenvalue weighted by Gasteiger charge is 2.02. The van der Waals surface area contributed by atoms with Crippen LogP contribution >= 0.6 is 0 Å². The van der Waals surface area contributed by atoms with Crippen LogP contribution < -0.4 is 21.3 Å². The fourth-order valence-corrected chi connectivity index (χ4v) is 5.90. The highest BCUT2D eigenvalue weighted by molar-refractivity contribution is 5.76. The molecule has 6 nitrogen and oxygen atoms in total. The Labute approximate surface area is 299 Å². The van der Waals surface area contributed by atoms with Crippen LogP contribution in [0, 0.1) is 0 Å². The lowest BCUT2D eigenvalue weighted by molar-refractivity contribution is -0.122. The van der Waals surface area contributed by atoms with Crippen LogP contribution in [0.3, 0.4) is 0 Å². The van der Waals surface area contributed by atoms with E-state index in [1.165, 1.54) is 141 Å². The van der Waals surface area contributed by atoms with E-state index in [0.29, 0.717) is 25.9 Å². The Morgan fingerprint density at radius 1 is 0.354 bits per heavy atom. The van der Waals surface area contributed by atoms with E-state index in [4.69, 9.17) is 0 Å². The lowest BCUT2D eigenvalue weighted by Crippen LogP contribution is -2.37. The molecule has 0 atom stereocenters. The van der Waals surface area contributed by atoms with Crippen molar-refractivity contribution in [2.24, 2.45) is 0 Å². The monoisotopic (exact) mass is 675 g/mol. The second-order valence-corrected chi connectivity index (χ2v) is 13.9. The van der Waals surface area contributed by atoms with E-state index in [0.717, 1.165) is 51.9 Å². The molecule has 0 rings (SSSR count). The number of amides is 2. The summed E-state index contributed by atoms with van der Waals surface area (Å²) < 4.78 is 0. The molecule has 0 aromatic rings. The van der Waals surface area contributed by atoms with Crippen molar-refractivity contribution in [2.45, 2.75) is 194 Å². The first kappa shape index (κ1) is 46.3. The third-order valence-corrected chi connectivity index (χ3v) is 9.06. The molecule has 282 valence electrons. The van der Waals surface area contributed by atoms with E-state index in [-0.39, 0.29) is 11.8 Å². The maximum absolute atomic E-state index is 12.0. The lowest BCUT2D eigenvalue weighted by atomic mass is 10.1. The predicted molar refractivity (Wildman–Crippen MR) is 211 cm³/mol. The Morgan fingerprint density at radius 3 is 0.958 bits per heavy atom. The number of carbonyl (C=O) groups is 2. The summed E-state index contributed by atoms with van der Waals surface area (Å²) in [6.07, 6.45) is 44.0. The summed E-state index contributed by atoms with van der Waals surface area (Å²) in [5, 5.41) is 12.8. The molecule has 0 bridgehead atoms. The molecule has 48 heavy (non-hydrogen) atoms. The highest BCUT2D eigenvalue weighted by atomic mass is 16.2. The van der Waals surface area contributed by atoms with Crippen molar-refractivity contribution >= 4 is 11.8 Å². The third kappa shape index (κ3) is 40.5. The molecule has 0 aliphatic rings. The number of nitrogens with one attached hydrogen (secondary N) is 4. The van der Waals surface area contributed by atoms with Gasteiger partial charge in [0.2, 0.25) is 11.8 Å². The number of rotatable bonds is 39. The van der Waals surface area contributed by atoms with Crippen LogP contribution in [0.2, 0.25) is 0 Å². The molecule has 0 aliphatic heterocycles. The minimum Gasteiger partial charge on any atom is -0.355 e. The van der Waals surface area contributed by atoms with Crippen molar-refractivity contribution in [3.63, 3.8) is 0 Å². The van der Waals surface area contributed by atoms with Crippen molar-refractivity contribution in [1.29, 1.82) is 0 Å². The molecule has 0 aromatic carbocycles. The minimum atomic E-state index is 0.169. The quantitative estimate of drug-likeness (QED) is 0.0386. The van der Waals surface area contributed by atoms with Gasteiger partial charge in [-0.05, 0) is 64.2 Å². The standard InChI is InChI=1S/C42H82N4O2/c1-3-5-7-9-11-13-15-17-19-21-23-25-27-29-31-33-41(47)45-39-37-43-35-36-44-38-40-46-42(48)34-32-30-28-26-24-22-20-18-16-14-12-10-8-6-4-2/h17,19-20,22,43-44H,3-16,18,21,23-40H2,1-2H3,(H,45,47)(H,46,48)/b19-17-,22-20-. The molecule has 2 amide bonds. The Hall–Kier alpha value is -1.66. The van der Waals surface area contributed by atoms with Gasteiger partial charge in [-0.2, -0.15) is 0 Å². The van der Waals surface area contributed by atoms with Gasteiger partial charge in [-0.1, -0.05) is 141 Å². The highest BCUT2D eigenvalue weighted by Crippen LogP contribution is 2.11. The van der Waals surface area contributed by atoms with Crippen LogP contribution in [-0.2, 0) is 9.59 Å². The Kier molecular flexibility index (Phi) is 40.1. The molecule has 0 saturated carbocycles. The van der Waals surface area contributed by atoms with E-state index in [1.54, 1.807) is 0 Å². The molecular formula is C42H82N4O2. The van der Waals surface area contributed by atoms with Crippen molar-refractivity contribution in [2.75, 3.05) is 39.3 Å². The molecule has 0 aromatic heterocycles. The predicted octanol–water partition coefficient (Wildman–Crippen LogP) is 10.5. The summed E-state index contributed by atoms with van der Waals surface area (Å²) >= 11 is 0. The molecule has 0 unspecified atom stereocenters. The fourth-order valence-electron chi connectivity index (χ4n) is 5.90. The van der Waals surface area contributed by atoms with Crippen molar-refractivity contribution in [3.05, 3.63) is 24.3 Å². The summed E-state index contributed by atoms with van der Waals surface area (Å²) in [4.78, 5) is 24.1. The first-order chi connectivity index (χ1) is 23.7. The number of hydrogen-bond acceptors (Lipinski definition) is 4. The van der Waals surface area contributed by atoms with Crippen LogP contribution in [0.15, 0.2) is 24.3 Å². The van der Waals surface area contributed by atoms with E-state index in [2.05, 4.69) is 59.4 Å². The lowest BCUT2D eigenvalue weighted by Gasteiger charge is -2.09. The molecule has 0 heterocycles. The topological polar surface area (TPSA) is 82.3 Å². The van der Waals surface area contributed by atoms with Gasteiger partial charge in [0, 0.05) is 52.1 Å². The SMILES string of the molecule is CCCCCCCC/C=C\CCCCCCCC(=O)NCCNCCNCCNC(=O)CCCCCC/C=C\CCCCCCCCC. The number of unbranched alkanes of at least 4 members (excludes halogenated alkanes) is 22. The summed E-state index contributed by atoms with van der Waals surface area (Å²) in [5.74, 6) is 0.340. The average Bonchev–Trinajstić information content (AvgIpc) is 3.09. The normalized spacial score (nSPS) is 11.6. The zero-order valence-electron chi connectivity index (χ0n) is 32.2. The van der Waals surface area contributed by atoms with Gasteiger partial charge >= 0.3 is 0 Å². The molecule has 0 radical (unpaired) electrons. The average molecular weight is 675 g/mol. The Bertz CT molecular complexity index is 724.